The van der Waals surface area contributed by atoms with Gasteiger partial charge in [-0.15, -0.1) is 0 Å². The number of fused-ring (bicyclic) bond motifs is 3. The predicted molar refractivity (Wildman–Crippen MR) is 98.5 cm³/mol. The van der Waals surface area contributed by atoms with Crippen molar-refractivity contribution >= 4 is 45.9 Å². The van der Waals surface area contributed by atoms with Gasteiger partial charge in [0.15, 0.2) is 0 Å². The number of hydrogen-bond donors (Lipinski definition) is 2. The molecular weight excluding hydrogens is 318 g/mol. The Kier molecular flexibility index (Phi) is 4.39. The van der Waals surface area contributed by atoms with E-state index in [4.69, 9.17) is 10.2 Å². The third kappa shape index (κ3) is 3.30. The second-order valence-electron chi connectivity index (χ2n) is 5.64. The predicted octanol–water partition coefficient (Wildman–Crippen LogP) is 4.01. The molecule has 25 heavy (non-hydrogen) atoms. The number of aromatic nitrogens is 1. The summed E-state index contributed by atoms with van der Waals surface area (Å²) in [6.07, 6.45) is 5.35. The molecular formula is C20H17NO4. The third-order valence-corrected chi connectivity index (χ3v) is 4.07. The van der Waals surface area contributed by atoms with Crippen LogP contribution in [0.3, 0.4) is 0 Å². The van der Waals surface area contributed by atoms with Crippen molar-refractivity contribution in [3.63, 3.8) is 0 Å². The number of carboxylic acid groups (broad SMARTS) is 2. The second kappa shape index (κ2) is 6.65. The van der Waals surface area contributed by atoms with Gasteiger partial charge < -0.3 is 14.8 Å². The fourth-order valence-electron chi connectivity index (χ4n) is 3.02. The Morgan fingerprint density at radius 1 is 0.880 bits per heavy atom. The minimum absolute atomic E-state index is 0.800. The molecule has 0 spiro atoms. The van der Waals surface area contributed by atoms with Crippen molar-refractivity contribution in [1.29, 1.82) is 0 Å². The van der Waals surface area contributed by atoms with Crippen molar-refractivity contribution in [3.8, 4) is 0 Å². The zero-order chi connectivity index (χ0) is 18.0. The molecule has 0 aliphatic heterocycles. The second-order valence-corrected chi connectivity index (χ2v) is 5.64. The van der Waals surface area contributed by atoms with Crippen molar-refractivity contribution in [1.82, 2.24) is 4.57 Å². The van der Waals surface area contributed by atoms with Gasteiger partial charge in [-0.1, -0.05) is 12.1 Å². The normalized spacial score (nSPS) is 11.9. The molecule has 0 amide bonds. The highest BCUT2D eigenvalue weighted by molar-refractivity contribution is 6.09. The lowest BCUT2D eigenvalue weighted by Gasteiger charge is -2.03. The standard InChI is InChI=1S/C20H17NO4/c1-2-21-17-7-3-13(5-9-19(22)23)11-15(17)16-12-14(4-8-18(16)21)6-10-20(24)25/h3-12H,2H2,1H3,(H,22,23)(H,24,25). The van der Waals surface area contributed by atoms with Gasteiger partial charge >= 0.3 is 11.9 Å². The molecule has 0 radical (unpaired) electrons. The van der Waals surface area contributed by atoms with Gasteiger partial charge in [0.2, 0.25) is 0 Å². The zero-order valence-electron chi connectivity index (χ0n) is 13.6. The van der Waals surface area contributed by atoms with Crippen LogP contribution < -0.4 is 0 Å². The molecule has 3 aromatic rings. The summed E-state index contributed by atoms with van der Waals surface area (Å²) >= 11 is 0. The van der Waals surface area contributed by atoms with E-state index in [-0.39, 0.29) is 0 Å². The van der Waals surface area contributed by atoms with E-state index in [2.05, 4.69) is 11.5 Å². The zero-order valence-corrected chi connectivity index (χ0v) is 13.6. The monoisotopic (exact) mass is 335 g/mol. The molecule has 126 valence electrons. The molecule has 0 atom stereocenters. The molecule has 1 aromatic heterocycles. The van der Waals surface area contributed by atoms with E-state index in [9.17, 15) is 9.59 Å². The molecule has 5 nitrogen and oxygen atoms in total. The Morgan fingerprint density at radius 3 is 1.68 bits per heavy atom. The van der Waals surface area contributed by atoms with E-state index in [0.717, 1.165) is 51.6 Å². The molecule has 0 unspecified atom stereocenters. The van der Waals surface area contributed by atoms with E-state index in [0.29, 0.717) is 0 Å². The SMILES string of the molecule is CCn1c2ccc(C=CC(=O)O)cc2c2cc(C=CC(=O)O)ccc21. The Balaban J connectivity index is 2.23. The largest absolute Gasteiger partial charge is 0.478 e. The van der Waals surface area contributed by atoms with Crippen LogP contribution in [0.15, 0.2) is 48.6 Å². The fraction of sp³-hybridized carbons (Fsp3) is 0.100. The van der Waals surface area contributed by atoms with Crippen LogP contribution in [0.5, 0.6) is 0 Å². The number of carbonyl (C=O) groups is 2. The fourth-order valence-corrected chi connectivity index (χ4v) is 3.02. The maximum Gasteiger partial charge on any atom is 0.328 e. The first kappa shape index (κ1) is 16.5. The highest BCUT2D eigenvalue weighted by atomic mass is 16.4. The average Bonchev–Trinajstić information content (AvgIpc) is 2.90. The lowest BCUT2D eigenvalue weighted by atomic mass is 10.1. The first-order valence-corrected chi connectivity index (χ1v) is 7.87. The molecule has 0 fully saturated rings. The van der Waals surface area contributed by atoms with Gasteiger partial charge in [0.25, 0.3) is 0 Å². The highest BCUT2D eigenvalue weighted by Crippen LogP contribution is 2.31. The van der Waals surface area contributed by atoms with Gasteiger partial charge in [0.05, 0.1) is 0 Å². The average molecular weight is 335 g/mol. The van der Waals surface area contributed by atoms with Crippen molar-refractivity contribution in [2.45, 2.75) is 13.5 Å². The van der Waals surface area contributed by atoms with Crippen LogP contribution in [0.1, 0.15) is 18.1 Å². The molecule has 2 N–H and O–H groups in total. The van der Waals surface area contributed by atoms with E-state index in [1.807, 2.05) is 36.4 Å². The van der Waals surface area contributed by atoms with Crippen LogP contribution in [0.2, 0.25) is 0 Å². The summed E-state index contributed by atoms with van der Waals surface area (Å²) in [4.78, 5) is 21.4. The Morgan fingerprint density at radius 2 is 1.32 bits per heavy atom. The van der Waals surface area contributed by atoms with Crippen molar-refractivity contribution in [2.75, 3.05) is 0 Å². The number of nitrogens with zero attached hydrogens (tertiary/aromatic N) is 1. The highest BCUT2D eigenvalue weighted by Gasteiger charge is 2.10. The van der Waals surface area contributed by atoms with Gasteiger partial charge in [0, 0.05) is 40.5 Å². The van der Waals surface area contributed by atoms with E-state index in [1.165, 1.54) is 0 Å². The van der Waals surface area contributed by atoms with Crippen LogP contribution >= 0.6 is 0 Å². The maximum atomic E-state index is 10.7. The van der Waals surface area contributed by atoms with Gasteiger partial charge in [-0.05, 0) is 54.5 Å². The summed E-state index contributed by atoms with van der Waals surface area (Å²) in [5, 5.41) is 19.6. The summed E-state index contributed by atoms with van der Waals surface area (Å²) in [6, 6.07) is 11.6. The molecule has 0 saturated heterocycles. The molecule has 1 heterocycles. The molecule has 0 aliphatic carbocycles. The Bertz CT molecular complexity index is 959. The van der Waals surface area contributed by atoms with Gasteiger partial charge in [-0.2, -0.15) is 0 Å². The number of hydrogen-bond acceptors (Lipinski definition) is 2. The van der Waals surface area contributed by atoms with E-state index >= 15 is 0 Å². The smallest absolute Gasteiger partial charge is 0.328 e. The van der Waals surface area contributed by atoms with Gasteiger partial charge in [-0.3, -0.25) is 0 Å². The van der Waals surface area contributed by atoms with E-state index in [1.54, 1.807) is 12.2 Å². The van der Waals surface area contributed by atoms with Gasteiger partial charge in [0.1, 0.15) is 0 Å². The Hall–Kier alpha value is -3.34. The molecule has 2 aromatic carbocycles. The lowest BCUT2D eigenvalue weighted by Crippen LogP contribution is -1.92. The quantitative estimate of drug-likeness (QED) is 0.691. The first-order chi connectivity index (χ1) is 12.0. The van der Waals surface area contributed by atoms with Crippen molar-refractivity contribution < 1.29 is 19.8 Å². The molecule has 0 aliphatic rings. The van der Waals surface area contributed by atoms with Crippen LogP contribution in [0.4, 0.5) is 0 Å². The Labute approximate surface area is 144 Å². The molecule has 5 heteroatoms. The summed E-state index contributed by atoms with van der Waals surface area (Å²) in [5.41, 5.74) is 3.72. The number of aryl methyl sites for hydroxylation is 1. The molecule has 0 saturated carbocycles. The topological polar surface area (TPSA) is 79.5 Å². The maximum absolute atomic E-state index is 10.7. The molecule has 3 rings (SSSR count). The van der Waals surface area contributed by atoms with Crippen LogP contribution in [0.25, 0.3) is 34.0 Å². The van der Waals surface area contributed by atoms with Crippen LogP contribution in [-0.2, 0) is 16.1 Å². The van der Waals surface area contributed by atoms with E-state index < -0.39 is 11.9 Å². The number of aliphatic carboxylic acids is 2. The van der Waals surface area contributed by atoms with Crippen LogP contribution in [0, 0.1) is 0 Å². The number of benzene rings is 2. The van der Waals surface area contributed by atoms with Gasteiger partial charge in [-0.25, -0.2) is 9.59 Å². The minimum Gasteiger partial charge on any atom is -0.478 e. The summed E-state index contributed by atoms with van der Waals surface area (Å²) in [7, 11) is 0. The lowest BCUT2D eigenvalue weighted by molar-refractivity contribution is -0.132. The summed E-state index contributed by atoms with van der Waals surface area (Å²) in [5.74, 6) is -1.98. The van der Waals surface area contributed by atoms with Crippen molar-refractivity contribution in [3.05, 3.63) is 59.7 Å². The van der Waals surface area contributed by atoms with Crippen molar-refractivity contribution in [2.24, 2.45) is 0 Å². The van der Waals surface area contributed by atoms with Crippen LogP contribution in [-0.4, -0.2) is 26.7 Å². The third-order valence-electron chi connectivity index (χ3n) is 4.07. The minimum atomic E-state index is -0.989. The summed E-state index contributed by atoms with van der Waals surface area (Å²) < 4.78 is 2.18. The number of rotatable bonds is 5. The molecule has 0 bridgehead atoms. The number of carboxylic acids is 2. The first-order valence-electron chi connectivity index (χ1n) is 7.87. The summed E-state index contributed by atoms with van der Waals surface area (Å²) in [6.45, 7) is 2.87.